The number of carbonyl (C=O) groups is 1. The maximum absolute atomic E-state index is 13.5. The first-order chi connectivity index (χ1) is 12.2. The number of ether oxygens (including phenoxy) is 1. The highest BCUT2D eigenvalue weighted by molar-refractivity contribution is 6.00. The largest absolute Gasteiger partial charge is 0.359 e. The number of halogens is 1. The Labute approximate surface area is 146 Å². The highest BCUT2D eigenvalue weighted by Crippen LogP contribution is 2.34. The van der Waals surface area contributed by atoms with Gasteiger partial charge in [-0.05, 0) is 29.3 Å². The van der Waals surface area contributed by atoms with E-state index in [1.165, 1.54) is 19.2 Å². The zero-order chi connectivity index (χ0) is 17.7. The summed E-state index contributed by atoms with van der Waals surface area (Å²) in [4.78, 5) is 13.2. The molecule has 0 aliphatic carbocycles. The molecule has 0 unspecified atom stereocenters. The van der Waals surface area contributed by atoms with E-state index in [-0.39, 0.29) is 0 Å². The normalized spacial score (nSPS) is 11.1. The molecule has 1 N–H and O–H groups in total. The van der Waals surface area contributed by atoms with Crippen molar-refractivity contribution in [2.45, 2.75) is 5.60 Å². The second-order valence-corrected chi connectivity index (χ2v) is 5.58. The number of rotatable bonds is 5. The van der Waals surface area contributed by atoms with E-state index in [4.69, 9.17) is 4.74 Å². The van der Waals surface area contributed by atoms with Gasteiger partial charge in [-0.15, -0.1) is 0 Å². The van der Waals surface area contributed by atoms with E-state index in [0.717, 1.165) is 0 Å². The molecule has 0 saturated heterocycles. The molecular weight excluding hydrogens is 317 g/mol. The Hall–Kier alpha value is -2.98. The predicted molar refractivity (Wildman–Crippen MR) is 95.7 cm³/mol. The quantitative estimate of drug-likeness (QED) is 0.752. The number of benzene rings is 3. The van der Waals surface area contributed by atoms with Crippen LogP contribution in [0.15, 0.2) is 84.9 Å². The van der Waals surface area contributed by atoms with Crippen LogP contribution in [-0.4, -0.2) is 13.0 Å². The molecule has 0 aliphatic heterocycles. The van der Waals surface area contributed by atoms with Gasteiger partial charge in [-0.2, -0.15) is 0 Å². The van der Waals surface area contributed by atoms with Crippen LogP contribution in [0.2, 0.25) is 0 Å². The van der Waals surface area contributed by atoms with E-state index in [2.05, 4.69) is 5.32 Å². The van der Waals surface area contributed by atoms with Crippen LogP contribution in [0.4, 0.5) is 10.1 Å². The first-order valence-electron chi connectivity index (χ1n) is 7.90. The van der Waals surface area contributed by atoms with Gasteiger partial charge in [0.1, 0.15) is 5.82 Å². The minimum atomic E-state index is -1.34. The first-order valence-corrected chi connectivity index (χ1v) is 7.90. The van der Waals surface area contributed by atoms with Crippen molar-refractivity contribution in [2.24, 2.45) is 0 Å². The first kappa shape index (κ1) is 16.9. The van der Waals surface area contributed by atoms with Crippen molar-refractivity contribution in [3.05, 3.63) is 102 Å². The molecular formula is C21H18FNO2. The molecule has 126 valence electrons. The lowest BCUT2D eigenvalue weighted by Crippen LogP contribution is -2.43. The highest BCUT2D eigenvalue weighted by Gasteiger charge is 2.42. The molecule has 0 bridgehead atoms. The maximum atomic E-state index is 13.5. The summed E-state index contributed by atoms with van der Waals surface area (Å²) < 4.78 is 19.2. The van der Waals surface area contributed by atoms with Crippen LogP contribution in [0.25, 0.3) is 0 Å². The minimum Gasteiger partial charge on any atom is -0.359 e. The minimum absolute atomic E-state index is 0.373. The van der Waals surface area contributed by atoms with Crippen LogP contribution in [0.5, 0.6) is 0 Å². The van der Waals surface area contributed by atoms with E-state index in [1.807, 2.05) is 60.7 Å². The van der Waals surface area contributed by atoms with Crippen molar-refractivity contribution in [1.29, 1.82) is 0 Å². The molecule has 3 rings (SSSR count). The third kappa shape index (κ3) is 3.30. The molecule has 0 aliphatic rings. The fraction of sp³-hybridized carbons (Fsp3) is 0.0952. The van der Waals surface area contributed by atoms with E-state index < -0.39 is 17.3 Å². The molecule has 1 amide bonds. The summed E-state index contributed by atoms with van der Waals surface area (Å²) in [6.07, 6.45) is 0. The Morgan fingerprint density at radius 3 is 1.92 bits per heavy atom. The Morgan fingerprint density at radius 1 is 0.880 bits per heavy atom. The number of methoxy groups -OCH3 is 1. The third-order valence-electron chi connectivity index (χ3n) is 4.07. The average molecular weight is 335 g/mol. The zero-order valence-corrected chi connectivity index (χ0v) is 13.8. The number of hydrogen-bond acceptors (Lipinski definition) is 2. The SMILES string of the molecule is COC(C(=O)Nc1cccc(F)c1)(c1ccccc1)c1ccccc1. The molecule has 4 heteroatoms. The van der Waals surface area contributed by atoms with Gasteiger partial charge in [0, 0.05) is 12.8 Å². The smallest absolute Gasteiger partial charge is 0.265 e. The summed E-state index contributed by atoms with van der Waals surface area (Å²) in [7, 11) is 1.49. The molecule has 0 radical (unpaired) electrons. The summed E-state index contributed by atoms with van der Waals surface area (Å²) >= 11 is 0. The van der Waals surface area contributed by atoms with Crippen LogP contribution in [0.3, 0.4) is 0 Å². The zero-order valence-electron chi connectivity index (χ0n) is 13.8. The van der Waals surface area contributed by atoms with Crippen LogP contribution in [0, 0.1) is 5.82 Å². The van der Waals surface area contributed by atoms with Gasteiger partial charge in [-0.25, -0.2) is 4.39 Å². The number of anilines is 1. The van der Waals surface area contributed by atoms with E-state index in [0.29, 0.717) is 16.8 Å². The summed E-state index contributed by atoms with van der Waals surface area (Å²) in [6.45, 7) is 0. The van der Waals surface area contributed by atoms with Crippen LogP contribution in [-0.2, 0) is 15.1 Å². The van der Waals surface area contributed by atoms with Gasteiger partial charge >= 0.3 is 0 Å². The molecule has 25 heavy (non-hydrogen) atoms. The lowest BCUT2D eigenvalue weighted by Gasteiger charge is -2.32. The molecule has 3 aromatic rings. The number of nitrogens with one attached hydrogen (secondary N) is 1. The Kier molecular flexibility index (Phi) is 4.91. The molecule has 0 saturated carbocycles. The standard InChI is InChI=1S/C21H18FNO2/c1-25-21(16-9-4-2-5-10-16,17-11-6-3-7-12-17)20(24)23-19-14-8-13-18(22)15-19/h2-15H,1H3,(H,23,24). The van der Waals surface area contributed by atoms with Gasteiger partial charge in [0.2, 0.25) is 0 Å². The third-order valence-corrected chi connectivity index (χ3v) is 4.07. The summed E-state index contributed by atoms with van der Waals surface area (Å²) in [6, 6.07) is 24.3. The Bertz CT molecular complexity index is 811. The van der Waals surface area contributed by atoms with Crippen molar-refractivity contribution in [3.63, 3.8) is 0 Å². The Balaban J connectivity index is 2.09. The number of hydrogen-bond donors (Lipinski definition) is 1. The van der Waals surface area contributed by atoms with Crippen molar-refractivity contribution in [3.8, 4) is 0 Å². The number of amides is 1. The lowest BCUT2D eigenvalue weighted by molar-refractivity contribution is -0.134. The highest BCUT2D eigenvalue weighted by atomic mass is 19.1. The molecule has 0 aromatic heterocycles. The second kappa shape index (κ2) is 7.28. The molecule has 0 atom stereocenters. The predicted octanol–water partition coefficient (Wildman–Crippen LogP) is 4.35. The van der Waals surface area contributed by atoms with Gasteiger partial charge < -0.3 is 10.1 Å². The second-order valence-electron chi connectivity index (χ2n) is 5.58. The van der Waals surface area contributed by atoms with Gasteiger partial charge in [0.15, 0.2) is 5.60 Å². The molecule has 3 aromatic carbocycles. The monoisotopic (exact) mass is 335 g/mol. The van der Waals surface area contributed by atoms with Crippen molar-refractivity contribution >= 4 is 11.6 Å². The summed E-state index contributed by atoms with van der Waals surface area (Å²) in [5.41, 5.74) is 0.419. The lowest BCUT2D eigenvalue weighted by atomic mass is 9.85. The maximum Gasteiger partial charge on any atom is 0.265 e. The average Bonchev–Trinajstić information content (AvgIpc) is 2.65. The van der Waals surface area contributed by atoms with E-state index >= 15 is 0 Å². The van der Waals surface area contributed by atoms with E-state index in [9.17, 15) is 9.18 Å². The van der Waals surface area contributed by atoms with Gasteiger partial charge in [-0.1, -0.05) is 66.7 Å². The van der Waals surface area contributed by atoms with Crippen molar-refractivity contribution < 1.29 is 13.9 Å². The number of carbonyl (C=O) groups excluding carboxylic acids is 1. The fourth-order valence-corrected chi connectivity index (χ4v) is 2.89. The topological polar surface area (TPSA) is 38.3 Å². The molecule has 0 fully saturated rings. The van der Waals surface area contributed by atoms with Crippen molar-refractivity contribution in [2.75, 3.05) is 12.4 Å². The molecule has 3 nitrogen and oxygen atoms in total. The van der Waals surface area contributed by atoms with E-state index in [1.54, 1.807) is 12.1 Å². The van der Waals surface area contributed by atoms with Crippen molar-refractivity contribution in [1.82, 2.24) is 0 Å². The summed E-state index contributed by atoms with van der Waals surface area (Å²) in [5.74, 6) is -0.807. The molecule has 0 heterocycles. The Morgan fingerprint density at radius 2 is 1.44 bits per heavy atom. The van der Waals surface area contributed by atoms with Crippen LogP contribution >= 0.6 is 0 Å². The van der Waals surface area contributed by atoms with Crippen LogP contribution in [0.1, 0.15) is 11.1 Å². The van der Waals surface area contributed by atoms with Crippen LogP contribution < -0.4 is 5.32 Å². The van der Waals surface area contributed by atoms with Gasteiger partial charge in [-0.3, -0.25) is 4.79 Å². The molecule has 0 spiro atoms. The summed E-state index contributed by atoms with van der Waals surface area (Å²) in [5, 5.41) is 2.77. The van der Waals surface area contributed by atoms with Gasteiger partial charge in [0.25, 0.3) is 5.91 Å². The fourth-order valence-electron chi connectivity index (χ4n) is 2.89. The van der Waals surface area contributed by atoms with Gasteiger partial charge in [0.05, 0.1) is 0 Å².